The van der Waals surface area contributed by atoms with Crippen molar-refractivity contribution >= 4 is 18.3 Å². The summed E-state index contributed by atoms with van der Waals surface area (Å²) in [6.45, 7) is 9.52. The van der Waals surface area contributed by atoms with E-state index in [0.717, 1.165) is 19.5 Å². The second-order valence-electron chi connectivity index (χ2n) is 5.60. The molecule has 1 aromatic carbocycles. The maximum absolute atomic E-state index is 12.6. The number of halogens is 1. The lowest BCUT2D eigenvalue weighted by atomic mass is 10.1. The Hall–Kier alpha value is -1.92. The molecule has 7 heteroatoms. The fourth-order valence-electron chi connectivity index (χ4n) is 2.65. The summed E-state index contributed by atoms with van der Waals surface area (Å²) < 4.78 is 17.0. The zero-order chi connectivity index (χ0) is 18.1. The zero-order valence-electron chi connectivity index (χ0n) is 15.7. The molecule has 0 fully saturated rings. The maximum Gasteiger partial charge on any atom is 0.251 e. The number of nitrogens with one attached hydrogen (secondary N) is 2. The third-order valence-electron chi connectivity index (χ3n) is 3.81. The van der Waals surface area contributed by atoms with Crippen molar-refractivity contribution in [2.75, 3.05) is 39.5 Å². The van der Waals surface area contributed by atoms with Crippen molar-refractivity contribution in [3.05, 3.63) is 29.3 Å². The first kappa shape index (κ1) is 22.1. The summed E-state index contributed by atoms with van der Waals surface area (Å²) in [7, 11) is 0. The van der Waals surface area contributed by atoms with E-state index >= 15 is 0 Å². The minimum atomic E-state index is -0.149. The number of amides is 1. The SMILES string of the molecule is CCOc1cc(C(=O)NCC2=CCNCC2)cc(OCC)c1OCC.Cl. The van der Waals surface area contributed by atoms with Gasteiger partial charge in [0.2, 0.25) is 5.75 Å². The summed E-state index contributed by atoms with van der Waals surface area (Å²) in [5, 5.41) is 6.23. The molecule has 2 N–H and O–H groups in total. The highest BCUT2D eigenvalue weighted by molar-refractivity contribution is 5.95. The molecule has 1 aliphatic heterocycles. The first-order valence-corrected chi connectivity index (χ1v) is 8.92. The number of benzene rings is 1. The highest BCUT2D eigenvalue weighted by Gasteiger charge is 2.18. The molecule has 2 rings (SSSR count). The van der Waals surface area contributed by atoms with Gasteiger partial charge in [-0.2, -0.15) is 0 Å². The van der Waals surface area contributed by atoms with Gasteiger partial charge in [0.1, 0.15) is 0 Å². The molecule has 0 saturated heterocycles. The van der Waals surface area contributed by atoms with Crippen LogP contribution in [0.25, 0.3) is 0 Å². The predicted molar refractivity (Wildman–Crippen MR) is 105 cm³/mol. The molecule has 146 valence electrons. The Morgan fingerprint density at radius 3 is 2.19 bits per heavy atom. The van der Waals surface area contributed by atoms with Gasteiger partial charge in [-0.15, -0.1) is 12.4 Å². The number of ether oxygens (including phenoxy) is 3. The summed E-state index contributed by atoms with van der Waals surface area (Å²) in [4.78, 5) is 12.6. The van der Waals surface area contributed by atoms with Crippen LogP contribution in [0.15, 0.2) is 23.8 Å². The van der Waals surface area contributed by atoms with Gasteiger partial charge in [-0.1, -0.05) is 11.6 Å². The van der Waals surface area contributed by atoms with Crippen molar-refractivity contribution in [2.24, 2.45) is 0 Å². The molecule has 0 aliphatic carbocycles. The lowest BCUT2D eigenvalue weighted by molar-refractivity contribution is 0.0955. The van der Waals surface area contributed by atoms with Crippen molar-refractivity contribution in [2.45, 2.75) is 27.2 Å². The zero-order valence-corrected chi connectivity index (χ0v) is 16.5. The number of hydrogen-bond acceptors (Lipinski definition) is 5. The molecular formula is C19H29ClN2O4. The van der Waals surface area contributed by atoms with Gasteiger partial charge in [0.25, 0.3) is 5.91 Å². The summed E-state index contributed by atoms with van der Waals surface area (Å²) >= 11 is 0. The van der Waals surface area contributed by atoms with E-state index in [9.17, 15) is 4.79 Å². The Bertz CT molecular complexity index is 593. The summed E-state index contributed by atoms with van der Waals surface area (Å²) in [5.74, 6) is 1.45. The largest absolute Gasteiger partial charge is 0.490 e. The first-order valence-electron chi connectivity index (χ1n) is 8.92. The van der Waals surface area contributed by atoms with Crippen molar-refractivity contribution in [3.63, 3.8) is 0 Å². The molecule has 26 heavy (non-hydrogen) atoms. The Morgan fingerprint density at radius 2 is 1.69 bits per heavy atom. The average Bonchev–Trinajstić information content (AvgIpc) is 2.63. The molecular weight excluding hydrogens is 356 g/mol. The predicted octanol–water partition coefficient (Wildman–Crippen LogP) is 2.95. The summed E-state index contributed by atoms with van der Waals surface area (Å²) in [5.41, 5.74) is 1.75. The molecule has 0 bridgehead atoms. The van der Waals surface area contributed by atoms with E-state index in [1.54, 1.807) is 12.1 Å². The van der Waals surface area contributed by atoms with E-state index in [1.807, 2.05) is 20.8 Å². The van der Waals surface area contributed by atoms with Crippen molar-refractivity contribution in [1.82, 2.24) is 10.6 Å². The topological polar surface area (TPSA) is 68.8 Å². The van der Waals surface area contributed by atoms with Crippen molar-refractivity contribution < 1.29 is 19.0 Å². The fourth-order valence-corrected chi connectivity index (χ4v) is 2.65. The third kappa shape index (κ3) is 6.11. The molecule has 0 radical (unpaired) electrons. The molecule has 0 atom stereocenters. The van der Waals surface area contributed by atoms with Crippen LogP contribution in [0, 0.1) is 0 Å². The number of carbonyl (C=O) groups is 1. The summed E-state index contributed by atoms with van der Waals surface area (Å²) in [6.07, 6.45) is 3.08. The van der Waals surface area contributed by atoms with Crippen LogP contribution < -0.4 is 24.8 Å². The number of hydrogen-bond donors (Lipinski definition) is 2. The van der Waals surface area contributed by atoms with E-state index in [-0.39, 0.29) is 18.3 Å². The minimum absolute atomic E-state index is 0. The van der Waals surface area contributed by atoms with Crippen molar-refractivity contribution in [1.29, 1.82) is 0 Å². The van der Waals surface area contributed by atoms with Gasteiger partial charge in [0.15, 0.2) is 11.5 Å². The minimum Gasteiger partial charge on any atom is -0.490 e. The molecule has 1 heterocycles. The van der Waals surface area contributed by atoms with E-state index in [4.69, 9.17) is 14.2 Å². The van der Waals surface area contributed by atoms with E-state index < -0.39 is 0 Å². The van der Waals surface area contributed by atoms with E-state index in [2.05, 4.69) is 16.7 Å². The highest BCUT2D eigenvalue weighted by atomic mass is 35.5. The van der Waals surface area contributed by atoms with Crippen LogP contribution >= 0.6 is 12.4 Å². The van der Waals surface area contributed by atoms with Gasteiger partial charge in [-0.05, 0) is 45.9 Å². The van der Waals surface area contributed by atoms with Crippen LogP contribution in [0.3, 0.4) is 0 Å². The van der Waals surface area contributed by atoms with Gasteiger partial charge in [0.05, 0.1) is 19.8 Å². The first-order chi connectivity index (χ1) is 12.2. The second kappa shape index (κ2) is 11.6. The smallest absolute Gasteiger partial charge is 0.251 e. The standard InChI is InChI=1S/C19H28N2O4.ClH/c1-4-23-16-11-15(12-17(24-5-2)18(16)25-6-3)19(22)21-13-14-7-9-20-10-8-14;/h7,11-12,20H,4-6,8-10,13H2,1-3H3,(H,21,22);1H. The maximum atomic E-state index is 12.6. The monoisotopic (exact) mass is 384 g/mol. The lowest BCUT2D eigenvalue weighted by Gasteiger charge is -2.18. The normalized spacial score (nSPS) is 13.3. The Kier molecular flexibility index (Phi) is 9.91. The van der Waals surface area contributed by atoms with Crippen LogP contribution in [-0.2, 0) is 0 Å². The summed E-state index contributed by atoms with van der Waals surface area (Å²) in [6, 6.07) is 3.42. The van der Waals surface area contributed by atoms with Crippen LogP contribution in [-0.4, -0.2) is 45.4 Å². The van der Waals surface area contributed by atoms with Gasteiger partial charge in [-0.25, -0.2) is 0 Å². The molecule has 6 nitrogen and oxygen atoms in total. The lowest BCUT2D eigenvalue weighted by Crippen LogP contribution is -2.29. The molecule has 1 aliphatic rings. The molecule has 0 unspecified atom stereocenters. The number of carbonyl (C=O) groups excluding carboxylic acids is 1. The highest BCUT2D eigenvalue weighted by Crippen LogP contribution is 2.39. The van der Waals surface area contributed by atoms with Crippen LogP contribution in [0.2, 0.25) is 0 Å². The van der Waals surface area contributed by atoms with Gasteiger partial charge < -0.3 is 24.8 Å². The average molecular weight is 385 g/mol. The Labute approximate surface area is 161 Å². The Balaban J connectivity index is 0.00000338. The van der Waals surface area contributed by atoms with E-state index in [0.29, 0.717) is 49.2 Å². The number of rotatable bonds is 9. The van der Waals surface area contributed by atoms with Crippen molar-refractivity contribution in [3.8, 4) is 17.2 Å². The third-order valence-corrected chi connectivity index (χ3v) is 3.81. The Morgan fingerprint density at radius 1 is 1.08 bits per heavy atom. The molecule has 0 aromatic heterocycles. The van der Waals surface area contributed by atoms with Crippen LogP contribution in [0.4, 0.5) is 0 Å². The van der Waals surface area contributed by atoms with Gasteiger partial charge in [0, 0.05) is 18.7 Å². The van der Waals surface area contributed by atoms with Gasteiger partial charge in [-0.3, -0.25) is 4.79 Å². The van der Waals surface area contributed by atoms with Crippen LogP contribution in [0.5, 0.6) is 17.2 Å². The van der Waals surface area contributed by atoms with Crippen LogP contribution in [0.1, 0.15) is 37.6 Å². The fraction of sp³-hybridized carbons (Fsp3) is 0.526. The van der Waals surface area contributed by atoms with E-state index in [1.165, 1.54) is 5.57 Å². The second-order valence-corrected chi connectivity index (χ2v) is 5.60. The quantitative estimate of drug-likeness (QED) is 0.640. The molecule has 1 aromatic rings. The van der Waals surface area contributed by atoms with Gasteiger partial charge >= 0.3 is 0 Å². The molecule has 1 amide bonds. The molecule has 0 spiro atoms. The molecule has 0 saturated carbocycles.